The van der Waals surface area contributed by atoms with Crippen LogP contribution in [0.4, 0.5) is 0 Å². The summed E-state index contributed by atoms with van der Waals surface area (Å²) in [6, 6.07) is 9.35. The van der Waals surface area contributed by atoms with E-state index in [-0.39, 0.29) is 12.0 Å². The standard InChI is InChI=1S/C19H30N2O2/c1-19(2,3)16-7-5-15(6-8-16)13-21-11-9-17(10-12-21)20(4)14-18(22)23/h5-8,17H,9-14H2,1-4H3,(H,22,23). The summed E-state index contributed by atoms with van der Waals surface area (Å²) >= 11 is 0. The zero-order chi connectivity index (χ0) is 17.0. The Morgan fingerprint density at radius 3 is 2.26 bits per heavy atom. The lowest BCUT2D eigenvalue weighted by molar-refractivity contribution is -0.138. The van der Waals surface area contributed by atoms with Crippen LogP contribution in [0.5, 0.6) is 0 Å². The van der Waals surface area contributed by atoms with Gasteiger partial charge in [0.15, 0.2) is 0 Å². The molecule has 0 spiro atoms. The van der Waals surface area contributed by atoms with E-state index in [0.717, 1.165) is 32.5 Å². The van der Waals surface area contributed by atoms with E-state index in [2.05, 4.69) is 49.9 Å². The number of carboxylic acid groups (broad SMARTS) is 1. The number of benzene rings is 1. The molecule has 0 aliphatic carbocycles. The summed E-state index contributed by atoms with van der Waals surface area (Å²) in [5, 5.41) is 8.89. The molecule has 0 radical (unpaired) electrons. The number of likely N-dealkylation sites (N-methyl/N-ethyl adjacent to an activating group) is 1. The fourth-order valence-electron chi connectivity index (χ4n) is 3.23. The first kappa shape index (κ1) is 18.0. The summed E-state index contributed by atoms with van der Waals surface area (Å²) in [4.78, 5) is 15.2. The molecule has 2 rings (SSSR count). The third-order valence-electron chi connectivity index (χ3n) is 4.79. The molecule has 0 atom stereocenters. The molecule has 0 amide bonds. The number of hydrogen-bond donors (Lipinski definition) is 1. The predicted molar refractivity (Wildman–Crippen MR) is 93.7 cm³/mol. The van der Waals surface area contributed by atoms with Gasteiger partial charge in [0, 0.05) is 12.6 Å². The van der Waals surface area contributed by atoms with Gasteiger partial charge in [-0.2, -0.15) is 0 Å². The summed E-state index contributed by atoms with van der Waals surface area (Å²) in [5.74, 6) is -0.742. The minimum absolute atomic E-state index is 0.138. The minimum Gasteiger partial charge on any atom is -0.480 e. The highest BCUT2D eigenvalue weighted by Gasteiger charge is 2.23. The van der Waals surface area contributed by atoms with Crippen LogP contribution in [-0.4, -0.2) is 53.6 Å². The van der Waals surface area contributed by atoms with E-state index in [1.807, 2.05) is 11.9 Å². The highest BCUT2D eigenvalue weighted by Crippen LogP contribution is 2.23. The van der Waals surface area contributed by atoms with Gasteiger partial charge in [-0.05, 0) is 49.5 Å². The Kier molecular flexibility index (Phi) is 5.82. The van der Waals surface area contributed by atoms with Crippen molar-refractivity contribution in [1.29, 1.82) is 0 Å². The molecule has 4 nitrogen and oxygen atoms in total. The third-order valence-corrected chi connectivity index (χ3v) is 4.79. The summed E-state index contributed by atoms with van der Waals surface area (Å²) in [7, 11) is 1.92. The molecule has 0 unspecified atom stereocenters. The maximum atomic E-state index is 10.8. The van der Waals surface area contributed by atoms with E-state index in [0.29, 0.717) is 6.04 Å². The average Bonchev–Trinajstić information content (AvgIpc) is 2.47. The zero-order valence-corrected chi connectivity index (χ0v) is 14.9. The van der Waals surface area contributed by atoms with Crippen molar-refractivity contribution in [2.75, 3.05) is 26.7 Å². The van der Waals surface area contributed by atoms with Gasteiger partial charge in [0.05, 0.1) is 6.54 Å². The molecule has 1 N–H and O–H groups in total. The van der Waals surface area contributed by atoms with E-state index >= 15 is 0 Å². The van der Waals surface area contributed by atoms with Gasteiger partial charge < -0.3 is 5.11 Å². The molecular weight excluding hydrogens is 288 g/mol. The lowest BCUT2D eigenvalue weighted by atomic mass is 9.86. The van der Waals surface area contributed by atoms with E-state index in [1.165, 1.54) is 11.1 Å². The SMILES string of the molecule is CN(CC(=O)O)C1CCN(Cc2ccc(C(C)(C)C)cc2)CC1. The second kappa shape index (κ2) is 7.45. The predicted octanol–water partition coefficient (Wildman–Crippen LogP) is 2.96. The molecular formula is C19H30N2O2. The van der Waals surface area contributed by atoms with Gasteiger partial charge >= 0.3 is 5.97 Å². The van der Waals surface area contributed by atoms with Crippen LogP contribution in [0, 0.1) is 0 Å². The Morgan fingerprint density at radius 1 is 1.22 bits per heavy atom. The van der Waals surface area contributed by atoms with Gasteiger partial charge in [-0.3, -0.25) is 14.6 Å². The number of nitrogens with zero attached hydrogens (tertiary/aromatic N) is 2. The Balaban J connectivity index is 1.83. The smallest absolute Gasteiger partial charge is 0.317 e. The van der Waals surface area contributed by atoms with Crippen molar-refractivity contribution in [3.63, 3.8) is 0 Å². The Hall–Kier alpha value is -1.39. The summed E-state index contributed by atoms with van der Waals surface area (Å²) < 4.78 is 0. The third kappa shape index (κ3) is 5.33. The minimum atomic E-state index is -0.742. The number of carboxylic acids is 1. The van der Waals surface area contributed by atoms with Gasteiger partial charge in [0.25, 0.3) is 0 Å². The van der Waals surface area contributed by atoms with Gasteiger partial charge in [0.2, 0.25) is 0 Å². The van der Waals surface area contributed by atoms with Crippen molar-refractivity contribution in [1.82, 2.24) is 9.80 Å². The largest absolute Gasteiger partial charge is 0.480 e. The van der Waals surface area contributed by atoms with Gasteiger partial charge in [-0.15, -0.1) is 0 Å². The van der Waals surface area contributed by atoms with Gasteiger partial charge in [-0.1, -0.05) is 45.0 Å². The fraction of sp³-hybridized carbons (Fsp3) is 0.632. The highest BCUT2D eigenvalue weighted by molar-refractivity contribution is 5.69. The first-order valence-electron chi connectivity index (χ1n) is 8.49. The molecule has 128 valence electrons. The van der Waals surface area contributed by atoms with Crippen molar-refractivity contribution >= 4 is 5.97 Å². The maximum Gasteiger partial charge on any atom is 0.317 e. The van der Waals surface area contributed by atoms with Crippen LogP contribution in [0.1, 0.15) is 44.7 Å². The van der Waals surface area contributed by atoms with Crippen LogP contribution in [-0.2, 0) is 16.8 Å². The average molecular weight is 318 g/mol. The number of carbonyl (C=O) groups is 1. The van der Waals surface area contributed by atoms with Crippen LogP contribution in [0.3, 0.4) is 0 Å². The quantitative estimate of drug-likeness (QED) is 0.906. The van der Waals surface area contributed by atoms with Crippen molar-refractivity contribution in [3.8, 4) is 0 Å². The van der Waals surface area contributed by atoms with Crippen LogP contribution in [0.15, 0.2) is 24.3 Å². The van der Waals surface area contributed by atoms with Crippen molar-refractivity contribution in [2.45, 2.75) is 51.6 Å². The molecule has 1 aromatic rings. The van der Waals surface area contributed by atoms with Crippen molar-refractivity contribution in [2.24, 2.45) is 0 Å². The van der Waals surface area contributed by atoms with E-state index in [9.17, 15) is 4.79 Å². The molecule has 23 heavy (non-hydrogen) atoms. The maximum absolute atomic E-state index is 10.8. The molecule has 0 bridgehead atoms. The summed E-state index contributed by atoms with van der Waals surface area (Å²) in [6.07, 6.45) is 2.09. The Morgan fingerprint density at radius 2 is 1.78 bits per heavy atom. The van der Waals surface area contributed by atoms with Crippen LogP contribution >= 0.6 is 0 Å². The number of rotatable bonds is 5. The van der Waals surface area contributed by atoms with E-state index in [4.69, 9.17) is 5.11 Å². The number of piperidine rings is 1. The molecule has 1 fully saturated rings. The first-order valence-corrected chi connectivity index (χ1v) is 8.49. The Labute approximate surface area is 140 Å². The monoisotopic (exact) mass is 318 g/mol. The number of aliphatic carboxylic acids is 1. The second-order valence-electron chi connectivity index (χ2n) is 7.76. The van der Waals surface area contributed by atoms with E-state index in [1.54, 1.807) is 0 Å². The number of hydrogen-bond acceptors (Lipinski definition) is 3. The topological polar surface area (TPSA) is 43.8 Å². The lowest BCUT2D eigenvalue weighted by Gasteiger charge is -2.36. The van der Waals surface area contributed by atoms with Crippen molar-refractivity contribution < 1.29 is 9.90 Å². The molecule has 1 aliphatic rings. The first-order chi connectivity index (χ1) is 10.8. The normalized spacial score (nSPS) is 17.6. The second-order valence-corrected chi connectivity index (χ2v) is 7.76. The van der Waals surface area contributed by atoms with Crippen LogP contribution in [0.2, 0.25) is 0 Å². The van der Waals surface area contributed by atoms with Gasteiger partial charge in [0.1, 0.15) is 0 Å². The van der Waals surface area contributed by atoms with Crippen molar-refractivity contribution in [3.05, 3.63) is 35.4 Å². The molecule has 0 aromatic heterocycles. The zero-order valence-electron chi connectivity index (χ0n) is 14.9. The fourth-order valence-corrected chi connectivity index (χ4v) is 3.23. The van der Waals surface area contributed by atoms with Crippen LogP contribution in [0.25, 0.3) is 0 Å². The highest BCUT2D eigenvalue weighted by atomic mass is 16.4. The molecule has 0 saturated carbocycles. The molecule has 4 heteroatoms. The summed E-state index contributed by atoms with van der Waals surface area (Å²) in [5.41, 5.74) is 2.93. The molecule has 1 aromatic carbocycles. The molecule has 1 saturated heterocycles. The van der Waals surface area contributed by atoms with Gasteiger partial charge in [-0.25, -0.2) is 0 Å². The molecule has 1 aliphatic heterocycles. The lowest BCUT2D eigenvalue weighted by Crippen LogP contribution is -2.44. The summed E-state index contributed by atoms with van der Waals surface area (Å²) in [6.45, 7) is 9.91. The van der Waals surface area contributed by atoms with E-state index < -0.39 is 5.97 Å². The number of likely N-dealkylation sites (tertiary alicyclic amines) is 1. The Bertz CT molecular complexity index is 511. The molecule has 1 heterocycles. The van der Waals surface area contributed by atoms with Crippen LogP contribution < -0.4 is 0 Å².